The highest BCUT2D eigenvalue weighted by Gasteiger charge is 2.22. The van der Waals surface area contributed by atoms with Crippen molar-refractivity contribution in [1.29, 1.82) is 0 Å². The lowest BCUT2D eigenvalue weighted by molar-refractivity contribution is 0.165. The number of hydrogen-bond acceptors (Lipinski definition) is 2. The van der Waals surface area contributed by atoms with Gasteiger partial charge in [0.2, 0.25) is 0 Å². The van der Waals surface area contributed by atoms with Crippen molar-refractivity contribution in [2.24, 2.45) is 5.92 Å². The molecule has 72 valence electrons. The maximum absolute atomic E-state index is 10.3. The Balaban J connectivity index is 3.94. The Morgan fingerprint density at radius 3 is 2.42 bits per heavy atom. The van der Waals surface area contributed by atoms with Gasteiger partial charge in [0, 0.05) is 12.1 Å². The van der Waals surface area contributed by atoms with E-state index in [4.69, 9.17) is 10.2 Å². The molecular formula is C8H17NO3. The molecule has 0 spiro atoms. The summed E-state index contributed by atoms with van der Waals surface area (Å²) >= 11 is 0. The Morgan fingerprint density at radius 2 is 2.08 bits per heavy atom. The summed E-state index contributed by atoms with van der Waals surface area (Å²) in [5.41, 5.74) is -0.464. The minimum absolute atomic E-state index is 0.0880. The molecule has 0 aromatic rings. The normalized spacial score (nSPS) is 14.0. The number of carbonyl (C=O) groups is 1. The average Bonchev–Trinajstić information content (AvgIpc) is 1.83. The monoisotopic (exact) mass is 175 g/mol. The first-order valence-electron chi connectivity index (χ1n) is 3.99. The second-order valence-electron chi connectivity index (χ2n) is 3.81. The van der Waals surface area contributed by atoms with Gasteiger partial charge in [-0.3, -0.25) is 0 Å². The Labute approximate surface area is 72.6 Å². The molecule has 0 saturated heterocycles. The van der Waals surface area contributed by atoms with Gasteiger partial charge in [-0.05, 0) is 26.2 Å². The van der Waals surface area contributed by atoms with Crippen molar-refractivity contribution in [2.75, 3.05) is 6.61 Å². The van der Waals surface area contributed by atoms with E-state index in [1.165, 1.54) is 0 Å². The molecular weight excluding hydrogens is 158 g/mol. The molecule has 1 atom stereocenters. The number of aliphatic hydroxyl groups is 1. The van der Waals surface area contributed by atoms with E-state index in [0.29, 0.717) is 6.42 Å². The van der Waals surface area contributed by atoms with Gasteiger partial charge in [-0.1, -0.05) is 6.92 Å². The zero-order valence-corrected chi connectivity index (χ0v) is 7.79. The Morgan fingerprint density at radius 1 is 1.58 bits per heavy atom. The summed E-state index contributed by atoms with van der Waals surface area (Å²) in [6.45, 7) is 5.57. The van der Waals surface area contributed by atoms with Crippen molar-refractivity contribution in [1.82, 2.24) is 5.32 Å². The molecule has 0 fully saturated rings. The summed E-state index contributed by atoms with van der Waals surface area (Å²) < 4.78 is 0. The van der Waals surface area contributed by atoms with Crippen LogP contribution in [0.3, 0.4) is 0 Å². The third-order valence-electron chi connectivity index (χ3n) is 1.62. The minimum atomic E-state index is -1.02. The van der Waals surface area contributed by atoms with Crippen molar-refractivity contribution in [3.63, 3.8) is 0 Å². The van der Waals surface area contributed by atoms with Gasteiger partial charge in [-0.15, -0.1) is 0 Å². The molecule has 0 aliphatic carbocycles. The van der Waals surface area contributed by atoms with E-state index in [0.717, 1.165) is 0 Å². The molecule has 0 radical (unpaired) electrons. The highest BCUT2D eigenvalue weighted by molar-refractivity contribution is 5.65. The van der Waals surface area contributed by atoms with Crippen LogP contribution in [0.1, 0.15) is 27.2 Å². The van der Waals surface area contributed by atoms with Gasteiger partial charge >= 0.3 is 6.09 Å². The van der Waals surface area contributed by atoms with E-state index >= 15 is 0 Å². The van der Waals surface area contributed by atoms with Gasteiger partial charge in [0.15, 0.2) is 0 Å². The molecule has 4 heteroatoms. The zero-order chi connectivity index (χ0) is 9.78. The third kappa shape index (κ3) is 4.96. The smallest absolute Gasteiger partial charge is 0.405 e. The van der Waals surface area contributed by atoms with Gasteiger partial charge in [0.1, 0.15) is 0 Å². The van der Waals surface area contributed by atoms with Crippen LogP contribution < -0.4 is 5.32 Å². The van der Waals surface area contributed by atoms with Crippen LogP contribution in [0.4, 0.5) is 4.79 Å². The molecule has 3 N–H and O–H groups in total. The molecule has 0 aliphatic rings. The van der Waals surface area contributed by atoms with Gasteiger partial charge in [-0.25, -0.2) is 4.79 Å². The lowest BCUT2D eigenvalue weighted by atomic mass is 9.92. The first-order chi connectivity index (χ1) is 5.37. The first-order valence-corrected chi connectivity index (χ1v) is 3.99. The van der Waals surface area contributed by atoms with Crippen LogP contribution in [-0.4, -0.2) is 28.5 Å². The van der Waals surface area contributed by atoms with Crippen LogP contribution in [0.5, 0.6) is 0 Å². The highest BCUT2D eigenvalue weighted by atomic mass is 16.4. The molecule has 0 rings (SSSR count). The topological polar surface area (TPSA) is 69.6 Å². The fourth-order valence-electron chi connectivity index (χ4n) is 1.28. The minimum Gasteiger partial charge on any atom is -0.465 e. The van der Waals surface area contributed by atoms with Crippen molar-refractivity contribution in [2.45, 2.75) is 32.7 Å². The Kier molecular flexibility index (Phi) is 4.03. The molecule has 1 amide bonds. The molecule has 0 aliphatic heterocycles. The highest BCUT2D eigenvalue weighted by Crippen LogP contribution is 2.15. The molecule has 4 nitrogen and oxygen atoms in total. The first kappa shape index (κ1) is 11.2. The average molecular weight is 175 g/mol. The fraction of sp³-hybridized carbons (Fsp3) is 0.875. The lowest BCUT2D eigenvalue weighted by Gasteiger charge is -2.27. The fourth-order valence-corrected chi connectivity index (χ4v) is 1.28. The number of rotatable bonds is 4. The molecule has 1 unspecified atom stereocenters. The van der Waals surface area contributed by atoms with Crippen LogP contribution in [-0.2, 0) is 0 Å². The number of hydrogen-bond donors (Lipinski definition) is 3. The summed E-state index contributed by atoms with van der Waals surface area (Å²) in [4.78, 5) is 10.3. The van der Waals surface area contributed by atoms with Crippen LogP contribution in [0, 0.1) is 5.92 Å². The number of carboxylic acid groups (broad SMARTS) is 1. The zero-order valence-electron chi connectivity index (χ0n) is 7.79. The van der Waals surface area contributed by atoms with Crippen LogP contribution in [0.15, 0.2) is 0 Å². The summed E-state index contributed by atoms with van der Waals surface area (Å²) in [6, 6.07) is 0. The number of nitrogens with one attached hydrogen (secondary N) is 1. The van der Waals surface area contributed by atoms with Gasteiger partial charge in [-0.2, -0.15) is 0 Å². The SMILES string of the molecule is CC(CO)CC(C)(C)NC(=O)O. The predicted molar refractivity (Wildman–Crippen MR) is 46.1 cm³/mol. The predicted octanol–water partition coefficient (Wildman–Crippen LogP) is 1.05. The van der Waals surface area contributed by atoms with Crippen molar-refractivity contribution < 1.29 is 15.0 Å². The standard InChI is InChI=1S/C8H17NO3/c1-6(5-10)4-8(2,3)9-7(11)12/h6,9-10H,4-5H2,1-3H3,(H,11,12). The number of aliphatic hydroxyl groups excluding tert-OH is 1. The summed E-state index contributed by atoms with van der Waals surface area (Å²) in [7, 11) is 0. The Bertz CT molecular complexity index is 156. The van der Waals surface area contributed by atoms with Crippen molar-refractivity contribution >= 4 is 6.09 Å². The van der Waals surface area contributed by atoms with Crippen LogP contribution in [0.25, 0.3) is 0 Å². The van der Waals surface area contributed by atoms with Gasteiger partial charge in [0.05, 0.1) is 0 Å². The van der Waals surface area contributed by atoms with Crippen LogP contribution >= 0.6 is 0 Å². The van der Waals surface area contributed by atoms with E-state index in [-0.39, 0.29) is 12.5 Å². The quantitative estimate of drug-likeness (QED) is 0.598. The molecule has 12 heavy (non-hydrogen) atoms. The summed E-state index contributed by atoms with van der Waals surface area (Å²) in [5.74, 6) is 0.117. The Hall–Kier alpha value is -0.770. The molecule has 0 heterocycles. The molecule has 0 saturated carbocycles. The maximum atomic E-state index is 10.3. The van der Waals surface area contributed by atoms with Gasteiger partial charge in [0.25, 0.3) is 0 Å². The van der Waals surface area contributed by atoms with Gasteiger partial charge < -0.3 is 15.5 Å². The largest absolute Gasteiger partial charge is 0.465 e. The van der Waals surface area contributed by atoms with E-state index in [1.54, 1.807) is 13.8 Å². The summed E-state index contributed by atoms with van der Waals surface area (Å²) in [5, 5.41) is 19.6. The lowest BCUT2D eigenvalue weighted by Crippen LogP contribution is -2.44. The van der Waals surface area contributed by atoms with Crippen molar-refractivity contribution in [3.8, 4) is 0 Å². The van der Waals surface area contributed by atoms with E-state index in [9.17, 15) is 4.79 Å². The second-order valence-corrected chi connectivity index (χ2v) is 3.81. The molecule has 0 aromatic heterocycles. The maximum Gasteiger partial charge on any atom is 0.405 e. The van der Waals surface area contributed by atoms with E-state index in [1.807, 2.05) is 6.92 Å². The van der Waals surface area contributed by atoms with Crippen LogP contribution in [0.2, 0.25) is 0 Å². The molecule has 0 aromatic carbocycles. The number of amides is 1. The van der Waals surface area contributed by atoms with Crippen molar-refractivity contribution in [3.05, 3.63) is 0 Å². The summed E-state index contributed by atoms with van der Waals surface area (Å²) in [6.07, 6.45) is -0.388. The molecule has 0 bridgehead atoms. The third-order valence-corrected chi connectivity index (χ3v) is 1.62. The second kappa shape index (κ2) is 4.30. The van der Waals surface area contributed by atoms with E-state index in [2.05, 4.69) is 5.32 Å². The van der Waals surface area contributed by atoms with E-state index < -0.39 is 11.6 Å².